The van der Waals surface area contributed by atoms with Crippen LogP contribution in [0.2, 0.25) is 0 Å². The summed E-state index contributed by atoms with van der Waals surface area (Å²) in [6.07, 6.45) is 3.02. The molecule has 0 fully saturated rings. The van der Waals surface area contributed by atoms with Crippen molar-refractivity contribution < 1.29 is 9.53 Å². The van der Waals surface area contributed by atoms with E-state index in [1.165, 1.54) is 12.7 Å². The van der Waals surface area contributed by atoms with Crippen LogP contribution >= 0.6 is 15.9 Å². The summed E-state index contributed by atoms with van der Waals surface area (Å²) in [4.78, 5) is 11.3. The van der Waals surface area contributed by atoms with Gasteiger partial charge in [-0.3, -0.25) is 0 Å². The second-order valence-electron chi connectivity index (χ2n) is 4.39. The van der Waals surface area contributed by atoms with Gasteiger partial charge in [0.25, 0.3) is 0 Å². The van der Waals surface area contributed by atoms with E-state index < -0.39 is 6.09 Å². The summed E-state index contributed by atoms with van der Waals surface area (Å²) in [6.45, 7) is 2.08. The Morgan fingerprint density at radius 3 is 2.85 bits per heavy atom. The summed E-state index contributed by atoms with van der Waals surface area (Å²) in [5.74, 6) is 6.18. The molecule has 0 heterocycles. The fourth-order valence-corrected chi connectivity index (χ4v) is 2.19. The molecule has 108 valence electrons. The molecule has 3 nitrogen and oxygen atoms in total. The predicted molar refractivity (Wildman–Crippen MR) is 84.5 cm³/mol. The number of alkyl carbamates (subject to hydrolysis) is 1. The molecule has 0 aliphatic rings. The largest absolute Gasteiger partial charge is 0.453 e. The van der Waals surface area contributed by atoms with Crippen LogP contribution in [0.3, 0.4) is 0 Å². The van der Waals surface area contributed by atoms with Gasteiger partial charge in [-0.05, 0) is 30.9 Å². The third kappa shape index (κ3) is 6.12. The number of hydrogen-bond donors (Lipinski definition) is 1. The molecule has 0 saturated heterocycles. The molecular formula is C16H20BrNO2. The van der Waals surface area contributed by atoms with Gasteiger partial charge in [0, 0.05) is 10.9 Å². The molecule has 0 spiro atoms. The Labute approximate surface area is 129 Å². The van der Waals surface area contributed by atoms with Gasteiger partial charge in [0.2, 0.25) is 0 Å². The van der Waals surface area contributed by atoms with E-state index in [1.54, 1.807) is 0 Å². The molecule has 1 rings (SSSR count). The highest BCUT2D eigenvalue weighted by Gasteiger charge is 2.10. The first-order chi connectivity index (χ1) is 9.67. The van der Waals surface area contributed by atoms with E-state index in [0.717, 1.165) is 30.2 Å². The zero-order chi connectivity index (χ0) is 14.8. The number of aryl methyl sites for hydroxylation is 1. The molecule has 0 bridgehead atoms. The van der Waals surface area contributed by atoms with Gasteiger partial charge in [-0.25, -0.2) is 4.79 Å². The topological polar surface area (TPSA) is 38.3 Å². The van der Waals surface area contributed by atoms with Gasteiger partial charge in [-0.1, -0.05) is 47.0 Å². The van der Waals surface area contributed by atoms with Crippen molar-refractivity contribution in [3.63, 3.8) is 0 Å². The SMILES string of the molecule is CCCC#C[C@@H](CCc1ccccc1Br)NC(=O)OC. The lowest BCUT2D eigenvalue weighted by molar-refractivity contribution is 0.168. The normalized spacial score (nSPS) is 11.2. The standard InChI is InChI=1S/C16H20BrNO2/c1-3-4-5-9-14(18-16(19)20-2)12-11-13-8-6-7-10-15(13)17/h6-8,10,14H,3-4,11-12H2,1-2H3,(H,18,19)/t14-/m0/s1. The number of methoxy groups -OCH3 is 1. The van der Waals surface area contributed by atoms with Crippen LogP contribution in [0, 0.1) is 11.8 Å². The van der Waals surface area contributed by atoms with Crippen molar-refractivity contribution in [3.05, 3.63) is 34.3 Å². The number of halogens is 1. The van der Waals surface area contributed by atoms with E-state index in [4.69, 9.17) is 0 Å². The van der Waals surface area contributed by atoms with Gasteiger partial charge >= 0.3 is 6.09 Å². The second kappa shape index (κ2) is 9.44. The van der Waals surface area contributed by atoms with Crippen molar-refractivity contribution in [3.8, 4) is 11.8 Å². The van der Waals surface area contributed by atoms with Crippen molar-refractivity contribution in [2.75, 3.05) is 7.11 Å². The maximum Gasteiger partial charge on any atom is 0.407 e. The predicted octanol–water partition coefficient (Wildman–Crippen LogP) is 3.91. The number of carbonyl (C=O) groups excluding carboxylic acids is 1. The molecule has 4 heteroatoms. The Balaban J connectivity index is 2.62. The molecule has 0 unspecified atom stereocenters. The number of hydrogen-bond acceptors (Lipinski definition) is 2. The van der Waals surface area contributed by atoms with Gasteiger partial charge in [0.15, 0.2) is 0 Å². The molecule has 20 heavy (non-hydrogen) atoms. The third-order valence-electron chi connectivity index (χ3n) is 2.79. The Kier molecular flexibility index (Phi) is 7.82. The molecule has 1 aromatic carbocycles. The molecule has 0 aliphatic carbocycles. The van der Waals surface area contributed by atoms with Crippen molar-refractivity contribution >= 4 is 22.0 Å². The van der Waals surface area contributed by atoms with Gasteiger partial charge in [0.1, 0.15) is 0 Å². The fraction of sp³-hybridized carbons (Fsp3) is 0.438. The van der Waals surface area contributed by atoms with E-state index in [0.29, 0.717) is 0 Å². The van der Waals surface area contributed by atoms with Crippen LogP contribution in [0.5, 0.6) is 0 Å². The van der Waals surface area contributed by atoms with Crippen molar-refractivity contribution in [1.29, 1.82) is 0 Å². The van der Waals surface area contributed by atoms with E-state index in [1.807, 2.05) is 18.2 Å². The smallest absolute Gasteiger partial charge is 0.407 e. The molecule has 0 radical (unpaired) electrons. The molecule has 0 aromatic heterocycles. The number of rotatable bonds is 5. The first-order valence-electron chi connectivity index (χ1n) is 6.73. The summed E-state index contributed by atoms with van der Waals surface area (Å²) in [5, 5.41) is 2.77. The van der Waals surface area contributed by atoms with Crippen LogP contribution in [0.4, 0.5) is 4.79 Å². The van der Waals surface area contributed by atoms with E-state index in [2.05, 4.69) is 50.8 Å². The minimum atomic E-state index is -0.437. The van der Waals surface area contributed by atoms with Crippen molar-refractivity contribution in [2.45, 2.75) is 38.6 Å². The van der Waals surface area contributed by atoms with E-state index >= 15 is 0 Å². The van der Waals surface area contributed by atoms with Crippen LogP contribution in [-0.2, 0) is 11.2 Å². The van der Waals surface area contributed by atoms with Crippen LogP contribution < -0.4 is 5.32 Å². The Hall–Kier alpha value is -1.47. The quantitative estimate of drug-likeness (QED) is 0.827. The lowest BCUT2D eigenvalue weighted by atomic mass is 10.1. The average molecular weight is 338 g/mol. The van der Waals surface area contributed by atoms with Gasteiger partial charge in [-0.15, -0.1) is 5.92 Å². The van der Waals surface area contributed by atoms with E-state index in [-0.39, 0.29) is 6.04 Å². The Morgan fingerprint density at radius 2 is 2.20 bits per heavy atom. The monoisotopic (exact) mass is 337 g/mol. The zero-order valence-corrected chi connectivity index (χ0v) is 13.5. The van der Waals surface area contributed by atoms with E-state index in [9.17, 15) is 4.79 Å². The number of benzene rings is 1. The summed E-state index contributed by atoms with van der Waals surface area (Å²) in [5.41, 5.74) is 1.21. The number of unbranched alkanes of at least 4 members (excludes halogenated alkanes) is 1. The molecule has 1 amide bonds. The molecular weight excluding hydrogens is 318 g/mol. The fourth-order valence-electron chi connectivity index (χ4n) is 1.70. The van der Waals surface area contributed by atoms with Gasteiger partial charge < -0.3 is 10.1 Å². The Morgan fingerprint density at radius 1 is 1.45 bits per heavy atom. The van der Waals surface area contributed by atoms with Crippen molar-refractivity contribution in [1.82, 2.24) is 5.32 Å². The summed E-state index contributed by atoms with van der Waals surface area (Å²) >= 11 is 3.53. The molecule has 1 N–H and O–H groups in total. The zero-order valence-electron chi connectivity index (χ0n) is 11.9. The highest BCUT2D eigenvalue weighted by molar-refractivity contribution is 9.10. The summed E-state index contributed by atoms with van der Waals surface area (Å²) in [6, 6.07) is 7.89. The maximum absolute atomic E-state index is 11.3. The van der Waals surface area contributed by atoms with Crippen LogP contribution in [0.1, 0.15) is 31.7 Å². The number of amides is 1. The number of nitrogens with one attached hydrogen (secondary N) is 1. The summed E-state index contributed by atoms with van der Waals surface area (Å²) in [7, 11) is 1.36. The highest BCUT2D eigenvalue weighted by Crippen LogP contribution is 2.18. The molecule has 0 aliphatic heterocycles. The van der Waals surface area contributed by atoms with Crippen LogP contribution in [0.15, 0.2) is 28.7 Å². The van der Waals surface area contributed by atoms with Crippen LogP contribution in [0.25, 0.3) is 0 Å². The number of ether oxygens (including phenoxy) is 1. The maximum atomic E-state index is 11.3. The lowest BCUT2D eigenvalue weighted by Crippen LogP contribution is -2.34. The van der Waals surface area contributed by atoms with Crippen molar-refractivity contribution in [2.24, 2.45) is 0 Å². The lowest BCUT2D eigenvalue weighted by Gasteiger charge is -2.12. The first kappa shape index (κ1) is 16.6. The average Bonchev–Trinajstić information content (AvgIpc) is 2.46. The van der Waals surface area contributed by atoms with Gasteiger partial charge in [-0.2, -0.15) is 0 Å². The Bertz CT molecular complexity index is 491. The third-order valence-corrected chi connectivity index (χ3v) is 3.56. The minimum absolute atomic E-state index is 0.180. The molecule has 1 aromatic rings. The van der Waals surface area contributed by atoms with Gasteiger partial charge in [0.05, 0.1) is 13.2 Å². The highest BCUT2D eigenvalue weighted by atomic mass is 79.9. The minimum Gasteiger partial charge on any atom is -0.453 e. The first-order valence-corrected chi connectivity index (χ1v) is 7.53. The molecule has 0 saturated carbocycles. The van der Waals surface area contributed by atoms with Crippen LogP contribution in [-0.4, -0.2) is 19.2 Å². The summed E-state index contributed by atoms with van der Waals surface area (Å²) < 4.78 is 5.72. The molecule has 1 atom stereocenters. The number of carbonyl (C=O) groups is 1. The second-order valence-corrected chi connectivity index (χ2v) is 5.24.